The molecule has 1 aliphatic rings. The smallest absolute Gasteiger partial charge is 0.228 e. The molecule has 1 fully saturated rings. The number of phenols is 2. The SMILES string of the molecule is Oc1ccc(O)c2cc(O[C@@H]3OC[C@@H](O)[C@H](O)[C@H]3O)ccc12. The first-order chi connectivity index (χ1) is 10.5. The minimum absolute atomic E-state index is 0.0202. The average molecular weight is 308 g/mol. The van der Waals surface area contributed by atoms with Gasteiger partial charge >= 0.3 is 0 Å². The van der Waals surface area contributed by atoms with Crippen LogP contribution in [0.2, 0.25) is 0 Å². The lowest BCUT2D eigenvalue weighted by molar-refractivity contribution is -0.242. The monoisotopic (exact) mass is 308 g/mol. The second kappa shape index (κ2) is 5.62. The second-order valence-corrected chi connectivity index (χ2v) is 5.18. The Balaban J connectivity index is 1.87. The summed E-state index contributed by atoms with van der Waals surface area (Å²) in [6.07, 6.45) is -5.09. The van der Waals surface area contributed by atoms with Crippen LogP contribution in [-0.2, 0) is 4.74 Å². The third kappa shape index (κ3) is 2.55. The highest BCUT2D eigenvalue weighted by atomic mass is 16.7. The van der Waals surface area contributed by atoms with Crippen LogP contribution >= 0.6 is 0 Å². The summed E-state index contributed by atoms with van der Waals surface area (Å²) in [5.74, 6) is 0.270. The molecule has 0 aliphatic carbocycles. The Morgan fingerprint density at radius 3 is 2.32 bits per heavy atom. The summed E-state index contributed by atoms with van der Waals surface area (Å²) in [6, 6.07) is 7.31. The van der Waals surface area contributed by atoms with Gasteiger partial charge in [-0.2, -0.15) is 0 Å². The van der Waals surface area contributed by atoms with Crippen LogP contribution in [0.1, 0.15) is 0 Å². The Morgan fingerprint density at radius 1 is 0.909 bits per heavy atom. The molecule has 5 N–H and O–H groups in total. The third-order valence-corrected chi connectivity index (χ3v) is 3.65. The standard InChI is InChI=1S/C15H16O7/c16-10-3-4-11(17)9-5-7(1-2-8(9)10)22-15-14(20)13(19)12(18)6-21-15/h1-5,12-20H,6H2/t12-,13+,14-,15+/m1/s1. The van der Waals surface area contributed by atoms with E-state index in [2.05, 4.69) is 0 Å². The number of phenolic OH excluding ortho intramolecular Hbond substituents is 2. The number of aliphatic hydroxyl groups is 3. The van der Waals surface area contributed by atoms with Gasteiger partial charge in [-0.1, -0.05) is 0 Å². The number of ether oxygens (including phenoxy) is 2. The predicted molar refractivity (Wildman–Crippen MR) is 75.7 cm³/mol. The number of benzene rings is 2. The maximum Gasteiger partial charge on any atom is 0.228 e. The Kier molecular flexibility index (Phi) is 3.79. The summed E-state index contributed by atoms with van der Waals surface area (Å²) in [6.45, 7) is -0.164. The fraction of sp³-hybridized carbons (Fsp3) is 0.333. The Bertz CT molecular complexity index is 687. The second-order valence-electron chi connectivity index (χ2n) is 5.18. The zero-order valence-electron chi connectivity index (χ0n) is 11.5. The van der Waals surface area contributed by atoms with E-state index in [1.165, 1.54) is 24.3 Å². The van der Waals surface area contributed by atoms with Crippen LogP contribution in [0.4, 0.5) is 0 Å². The molecule has 0 radical (unpaired) electrons. The highest BCUT2D eigenvalue weighted by Crippen LogP contribution is 2.34. The molecule has 0 spiro atoms. The minimum Gasteiger partial charge on any atom is -0.507 e. The highest BCUT2D eigenvalue weighted by Gasteiger charge is 2.39. The van der Waals surface area contributed by atoms with Crippen LogP contribution in [-0.4, -0.2) is 56.7 Å². The van der Waals surface area contributed by atoms with E-state index in [0.717, 1.165) is 0 Å². The van der Waals surface area contributed by atoms with Crippen molar-refractivity contribution in [3.8, 4) is 17.2 Å². The molecule has 1 heterocycles. The fourth-order valence-corrected chi connectivity index (χ4v) is 2.39. The number of aromatic hydroxyl groups is 2. The van der Waals surface area contributed by atoms with Crippen molar-refractivity contribution in [1.82, 2.24) is 0 Å². The Hall–Kier alpha value is -2.06. The fourth-order valence-electron chi connectivity index (χ4n) is 2.39. The number of hydrogen-bond acceptors (Lipinski definition) is 7. The first kappa shape index (κ1) is 14.9. The molecule has 2 aromatic carbocycles. The third-order valence-electron chi connectivity index (χ3n) is 3.65. The largest absolute Gasteiger partial charge is 0.507 e. The van der Waals surface area contributed by atoms with Crippen LogP contribution in [0.5, 0.6) is 17.2 Å². The summed E-state index contributed by atoms with van der Waals surface area (Å²) in [7, 11) is 0. The molecule has 4 atom stereocenters. The van der Waals surface area contributed by atoms with E-state index in [4.69, 9.17) is 9.47 Å². The lowest BCUT2D eigenvalue weighted by Gasteiger charge is -2.34. The number of fused-ring (bicyclic) bond motifs is 1. The van der Waals surface area contributed by atoms with Crippen molar-refractivity contribution in [2.75, 3.05) is 6.61 Å². The van der Waals surface area contributed by atoms with E-state index < -0.39 is 24.6 Å². The average Bonchev–Trinajstić information content (AvgIpc) is 2.52. The molecule has 118 valence electrons. The van der Waals surface area contributed by atoms with Gasteiger partial charge in [-0.05, 0) is 30.3 Å². The zero-order valence-corrected chi connectivity index (χ0v) is 11.5. The van der Waals surface area contributed by atoms with Gasteiger partial charge in [0.1, 0.15) is 35.6 Å². The van der Waals surface area contributed by atoms with Crippen molar-refractivity contribution in [3.05, 3.63) is 30.3 Å². The summed E-state index contributed by atoms with van der Waals surface area (Å²) in [5.41, 5.74) is 0. The van der Waals surface area contributed by atoms with Crippen LogP contribution in [0, 0.1) is 0 Å². The predicted octanol–water partition coefficient (Wildman–Crippen LogP) is 0.0688. The van der Waals surface area contributed by atoms with E-state index in [0.29, 0.717) is 10.8 Å². The van der Waals surface area contributed by atoms with Gasteiger partial charge in [-0.15, -0.1) is 0 Å². The van der Waals surface area contributed by atoms with Crippen LogP contribution < -0.4 is 4.74 Å². The maximum atomic E-state index is 9.83. The molecule has 7 nitrogen and oxygen atoms in total. The van der Waals surface area contributed by atoms with E-state index in [-0.39, 0.29) is 23.9 Å². The van der Waals surface area contributed by atoms with Gasteiger partial charge in [-0.25, -0.2) is 0 Å². The van der Waals surface area contributed by atoms with Gasteiger partial charge in [0.15, 0.2) is 0 Å². The highest BCUT2D eigenvalue weighted by molar-refractivity contribution is 5.93. The molecular weight excluding hydrogens is 292 g/mol. The zero-order chi connectivity index (χ0) is 15.9. The molecule has 0 amide bonds. The van der Waals surface area contributed by atoms with Gasteiger partial charge in [0.05, 0.1) is 6.61 Å². The Morgan fingerprint density at radius 2 is 1.59 bits per heavy atom. The molecule has 3 rings (SSSR count). The van der Waals surface area contributed by atoms with Crippen molar-refractivity contribution in [1.29, 1.82) is 0 Å². The molecule has 1 saturated heterocycles. The van der Waals surface area contributed by atoms with Crippen molar-refractivity contribution in [3.63, 3.8) is 0 Å². The number of hydrogen-bond donors (Lipinski definition) is 5. The molecule has 1 aliphatic heterocycles. The molecule has 22 heavy (non-hydrogen) atoms. The van der Waals surface area contributed by atoms with E-state index >= 15 is 0 Å². The summed E-state index contributed by atoms with van der Waals surface area (Å²) < 4.78 is 10.6. The van der Waals surface area contributed by atoms with Gasteiger partial charge in [0, 0.05) is 10.8 Å². The summed E-state index contributed by atoms with van der Waals surface area (Å²) in [4.78, 5) is 0. The summed E-state index contributed by atoms with van der Waals surface area (Å²) in [5, 5.41) is 49.2. The lowest BCUT2D eigenvalue weighted by Crippen LogP contribution is -2.54. The topological polar surface area (TPSA) is 120 Å². The number of aliphatic hydroxyl groups excluding tert-OH is 3. The maximum absolute atomic E-state index is 9.83. The molecule has 2 aromatic rings. The minimum atomic E-state index is -1.41. The number of rotatable bonds is 2. The first-order valence-electron chi connectivity index (χ1n) is 6.74. The van der Waals surface area contributed by atoms with Gasteiger partial charge in [0.25, 0.3) is 0 Å². The van der Waals surface area contributed by atoms with E-state index in [9.17, 15) is 25.5 Å². The van der Waals surface area contributed by atoms with Gasteiger partial charge < -0.3 is 35.0 Å². The molecule has 7 heteroatoms. The van der Waals surface area contributed by atoms with Crippen LogP contribution in [0.25, 0.3) is 10.8 Å². The van der Waals surface area contributed by atoms with Crippen molar-refractivity contribution in [2.45, 2.75) is 24.6 Å². The van der Waals surface area contributed by atoms with Gasteiger partial charge in [0.2, 0.25) is 6.29 Å². The summed E-state index contributed by atoms with van der Waals surface area (Å²) >= 11 is 0. The molecule has 0 unspecified atom stereocenters. The quantitative estimate of drug-likeness (QED) is 0.498. The molecular formula is C15H16O7. The van der Waals surface area contributed by atoms with Crippen molar-refractivity contribution >= 4 is 10.8 Å². The van der Waals surface area contributed by atoms with Crippen LogP contribution in [0.15, 0.2) is 30.3 Å². The Labute approximate surface area is 125 Å². The van der Waals surface area contributed by atoms with Gasteiger partial charge in [-0.3, -0.25) is 0 Å². The van der Waals surface area contributed by atoms with Crippen LogP contribution in [0.3, 0.4) is 0 Å². The normalized spacial score (nSPS) is 28.7. The molecule has 0 saturated carbocycles. The van der Waals surface area contributed by atoms with Crippen molar-refractivity contribution in [2.24, 2.45) is 0 Å². The van der Waals surface area contributed by atoms with Crippen molar-refractivity contribution < 1.29 is 35.0 Å². The first-order valence-corrected chi connectivity index (χ1v) is 6.74. The van der Waals surface area contributed by atoms with E-state index in [1.54, 1.807) is 6.07 Å². The van der Waals surface area contributed by atoms with E-state index in [1.807, 2.05) is 0 Å². The molecule has 0 bridgehead atoms. The molecule has 0 aromatic heterocycles. The lowest BCUT2D eigenvalue weighted by atomic mass is 10.1.